The fourth-order valence-electron chi connectivity index (χ4n) is 2.03. The molecule has 4 heteroatoms. The number of carboxylic acids is 1. The molecule has 0 bridgehead atoms. The van der Waals surface area contributed by atoms with Gasteiger partial charge in [0, 0.05) is 12.0 Å². The SMILES string of the molecule is Cc1noc2c1C(C(=O)O)C(C)C2. The van der Waals surface area contributed by atoms with Gasteiger partial charge in [-0.15, -0.1) is 0 Å². The normalized spacial score (nSPS) is 26.0. The topological polar surface area (TPSA) is 63.3 Å². The molecule has 2 atom stereocenters. The molecule has 1 N–H and O–H groups in total. The van der Waals surface area contributed by atoms with Gasteiger partial charge in [0.25, 0.3) is 0 Å². The van der Waals surface area contributed by atoms with Crippen LogP contribution in [0.4, 0.5) is 0 Å². The Hall–Kier alpha value is -1.32. The standard InChI is InChI=1S/C9H11NO3/c1-4-3-6-8(5(2)10-13-6)7(4)9(11)12/h4,7H,3H2,1-2H3,(H,11,12). The first kappa shape index (κ1) is 8.29. The number of fused-ring (bicyclic) bond motifs is 1. The van der Waals surface area contributed by atoms with E-state index in [0.717, 1.165) is 11.3 Å². The summed E-state index contributed by atoms with van der Waals surface area (Å²) in [6, 6.07) is 0. The maximum atomic E-state index is 11.0. The molecule has 0 fully saturated rings. The van der Waals surface area contributed by atoms with E-state index in [-0.39, 0.29) is 5.92 Å². The van der Waals surface area contributed by atoms with Crippen molar-refractivity contribution in [1.82, 2.24) is 5.16 Å². The van der Waals surface area contributed by atoms with Crippen molar-refractivity contribution in [3.63, 3.8) is 0 Å². The summed E-state index contributed by atoms with van der Waals surface area (Å²) in [5, 5.41) is 12.8. The molecule has 1 aliphatic rings. The van der Waals surface area contributed by atoms with Crippen LogP contribution in [0.5, 0.6) is 0 Å². The average molecular weight is 181 g/mol. The number of carboxylic acid groups (broad SMARTS) is 1. The molecule has 1 aromatic heterocycles. The van der Waals surface area contributed by atoms with Gasteiger partial charge in [0.2, 0.25) is 0 Å². The quantitative estimate of drug-likeness (QED) is 0.710. The van der Waals surface area contributed by atoms with Gasteiger partial charge in [0.15, 0.2) is 0 Å². The predicted molar refractivity (Wildman–Crippen MR) is 44.5 cm³/mol. The highest BCUT2D eigenvalue weighted by Gasteiger charge is 2.39. The van der Waals surface area contributed by atoms with E-state index in [0.29, 0.717) is 12.1 Å². The molecule has 0 aromatic carbocycles. The van der Waals surface area contributed by atoms with Crippen LogP contribution in [0.15, 0.2) is 4.52 Å². The van der Waals surface area contributed by atoms with Gasteiger partial charge in [0.1, 0.15) is 5.76 Å². The van der Waals surface area contributed by atoms with Crippen molar-refractivity contribution in [2.75, 3.05) is 0 Å². The highest BCUT2D eigenvalue weighted by molar-refractivity contribution is 5.78. The van der Waals surface area contributed by atoms with Crippen LogP contribution in [0.3, 0.4) is 0 Å². The number of aromatic nitrogens is 1. The Morgan fingerprint density at radius 2 is 2.38 bits per heavy atom. The summed E-state index contributed by atoms with van der Waals surface area (Å²) in [6.07, 6.45) is 0.688. The van der Waals surface area contributed by atoms with E-state index >= 15 is 0 Å². The third kappa shape index (κ3) is 1.05. The molecule has 0 aliphatic heterocycles. The molecule has 13 heavy (non-hydrogen) atoms. The number of hydrogen-bond acceptors (Lipinski definition) is 3. The molecule has 1 aromatic rings. The molecule has 1 aliphatic carbocycles. The minimum absolute atomic E-state index is 0.118. The summed E-state index contributed by atoms with van der Waals surface area (Å²) >= 11 is 0. The van der Waals surface area contributed by atoms with E-state index in [4.69, 9.17) is 9.63 Å². The van der Waals surface area contributed by atoms with Crippen molar-refractivity contribution in [2.45, 2.75) is 26.2 Å². The molecule has 0 saturated heterocycles. The van der Waals surface area contributed by atoms with E-state index in [2.05, 4.69) is 5.16 Å². The molecule has 70 valence electrons. The van der Waals surface area contributed by atoms with E-state index in [1.807, 2.05) is 6.92 Å². The molecule has 4 nitrogen and oxygen atoms in total. The molecule has 2 rings (SSSR count). The summed E-state index contributed by atoms with van der Waals surface area (Å²) < 4.78 is 5.04. The summed E-state index contributed by atoms with van der Waals surface area (Å²) in [6.45, 7) is 3.71. The van der Waals surface area contributed by atoms with Gasteiger partial charge in [-0.1, -0.05) is 12.1 Å². The minimum atomic E-state index is -0.780. The second-order valence-electron chi connectivity index (χ2n) is 3.60. The lowest BCUT2D eigenvalue weighted by Gasteiger charge is -2.09. The van der Waals surface area contributed by atoms with Gasteiger partial charge in [-0.05, 0) is 12.8 Å². The Morgan fingerprint density at radius 3 is 3.00 bits per heavy atom. The Morgan fingerprint density at radius 1 is 1.69 bits per heavy atom. The van der Waals surface area contributed by atoms with Crippen LogP contribution in [0.1, 0.15) is 29.9 Å². The summed E-state index contributed by atoms with van der Waals surface area (Å²) in [5.74, 6) is -0.343. The van der Waals surface area contributed by atoms with Crippen molar-refractivity contribution < 1.29 is 14.4 Å². The third-order valence-electron chi connectivity index (χ3n) is 2.64. The van der Waals surface area contributed by atoms with Gasteiger partial charge in [-0.25, -0.2) is 0 Å². The predicted octanol–water partition coefficient (Wildman–Crippen LogP) is 1.34. The van der Waals surface area contributed by atoms with Crippen molar-refractivity contribution in [3.05, 3.63) is 17.0 Å². The third-order valence-corrected chi connectivity index (χ3v) is 2.64. The lowest BCUT2D eigenvalue weighted by atomic mass is 9.94. The fraction of sp³-hybridized carbons (Fsp3) is 0.556. The number of aryl methyl sites for hydroxylation is 1. The van der Waals surface area contributed by atoms with Gasteiger partial charge < -0.3 is 9.63 Å². The highest BCUT2D eigenvalue weighted by atomic mass is 16.5. The van der Waals surface area contributed by atoms with Crippen LogP contribution in [0.2, 0.25) is 0 Å². The van der Waals surface area contributed by atoms with Crippen molar-refractivity contribution in [3.8, 4) is 0 Å². The number of rotatable bonds is 1. The number of aliphatic carboxylic acids is 1. The molecular formula is C9H11NO3. The van der Waals surface area contributed by atoms with Crippen LogP contribution in [-0.4, -0.2) is 16.2 Å². The molecule has 0 amide bonds. The Balaban J connectivity index is 2.49. The van der Waals surface area contributed by atoms with Crippen molar-refractivity contribution >= 4 is 5.97 Å². The van der Waals surface area contributed by atoms with E-state index in [1.54, 1.807) is 6.92 Å². The second-order valence-corrected chi connectivity index (χ2v) is 3.60. The van der Waals surface area contributed by atoms with Gasteiger partial charge >= 0.3 is 5.97 Å². The van der Waals surface area contributed by atoms with Gasteiger partial charge in [-0.3, -0.25) is 4.79 Å². The second kappa shape index (κ2) is 2.58. The molecular weight excluding hydrogens is 170 g/mol. The summed E-state index contributed by atoms with van der Waals surface area (Å²) in [4.78, 5) is 11.0. The molecule has 1 heterocycles. The minimum Gasteiger partial charge on any atom is -0.481 e. The lowest BCUT2D eigenvalue weighted by Crippen LogP contribution is -2.15. The van der Waals surface area contributed by atoms with Crippen LogP contribution < -0.4 is 0 Å². The number of nitrogens with zero attached hydrogens (tertiary/aromatic N) is 1. The zero-order valence-electron chi connectivity index (χ0n) is 7.57. The van der Waals surface area contributed by atoms with Crippen LogP contribution >= 0.6 is 0 Å². The van der Waals surface area contributed by atoms with Crippen LogP contribution in [0.25, 0.3) is 0 Å². The monoisotopic (exact) mass is 181 g/mol. The fourth-order valence-corrected chi connectivity index (χ4v) is 2.03. The van der Waals surface area contributed by atoms with Crippen molar-refractivity contribution in [2.24, 2.45) is 5.92 Å². The molecule has 0 spiro atoms. The Labute approximate surface area is 75.5 Å². The maximum Gasteiger partial charge on any atom is 0.311 e. The number of hydrogen-bond donors (Lipinski definition) is 1. The first-order valence-electron chi connectivity index (χ1n) is 4.29. The van der Waals surface area contributed by atoms with Gasteiger partial charge in [0.05, 0.1) is 11.6 Å². The maximum absolute atomic E-state index is 11.0. The average Bonchev–Trinajstić information content (AvgIpc) is 2.51. The Kier molecular flexibility index (Phi) is 1.65. The molecule has 0 saturated carbocycles. The summed E-state index contributed by atoms with van der Waals surface area (Å²) in [7, 11) is 0. The Bertz CT molecular complexity index is 356. The van der Waals surface area contributed by atoms with Gasteiger partial charge in [-0.2, -0.15) is 0 Å². The van der Waals surface area contributed by atoms with E-state index in [9.17, 15) is 4.79 Å². The highest BCUT2D eigenvalue weighted by Crippen LogP contribution is 2.39. The number of carbonyl (C=O) groups is 1. The zero-order valence-corrected chi connectivity index (χ0v) is 7.57. The first-order valence-corrected chi connectivity index (χ1v) is 4.29. The summed E-state index contributed by atoms with van der Waals surface area (Å²) in [5.41, 5.74) is 1.51. The lowest BCUT2D eigenvalue weighted by molar-refractivity contribution is -0.139. The largest absolute Gasteiger partial charge is 0.481 e. The van der Waals surface area contributed by atoms with Crippen molar-refractivity contribution in [1.29, 1.82) is 0 Å². The van der Waals surface area contributed by atoms with Crippen LogP contribution in [-0.2, 0) is 11.2 Å². The van der Waals surface area contributed by atoms with E-state index in [1.165, 1.54) is 0 Å². The first-order chi connectivity index (χ1) is 6.11. The van der Waals surface area contributed by atoms with Crippen LogP contribution in [0, 0.1) is 12.8 Å². The smallest absolute Gasteiger partial charge is 0.311 e. The van der Waals surface area contributed by atoms with E-state index < -0.39 is 11.9 Å². The molecule has 0 radical (unpaired) electrons. The zero-order chi connectivity index (χ0) is 9.59. The molecule has 2 unspecified atom stereocenters.